The lowest BCUT2D eigenvalue weighted by molar-refractivity contribution is 0.340. The number of halogens is 1. The molecule has 2 nitrogen and oxygen atoms in total. The van der Waals surface area contributed by atoms with Gasteiger partial charge in [-0.25, -0.2) is 0 Å². The van der Waals surface area contributed by atoms with Crippen LogP contribution < -0.4 is 10.1 Å². The second-order valence-corrected chi connectivity index (χ2v) is 7.55. The van der Waals surface area contributed by atoms with Gasteiger partial charge in [-0.1, -0.05) is 22.0 Å². The number of hydrogen-bond donors (Lipinski definition) is 1. The summed E-state index contributed by atoms with van der Waals surface area (Å²) in [6.07, 6.45) is 0. The van der Waals surface area contributed by atoms with Crippen LogP contribution in [0.2, 0.25) is 0 Å². The first kappa shape index (κ1) is 15.0. The third-order valence-corrected chi connectivity index (χ3v) is 6.17. The maximum Gasteiger partial charge on any atom is 0.120 e. The van der Waals surface area contributed by atoms with Gasteiger partial charge >= 0.3 is 0 Å². The molecule has 2 heterocycles. The molecule has 0 radical (unpaired) electrons. The van der Waals surface area contributed by atoms with Gasteiger partial charge in [0.1, 0.15) is 5.75 Å². The van der Waals surface area contributed by atoms with E-state index in [1.165, 1.54) is 19.8 Å². The molecule has 3 aromatic rings. The SMILES string of the molecule is CCOc1ccc(C(NC)c2cc3sccc3s2)c(Br)c1. The van der Waals surface area contributed by atoms with Crippen molar-refractivity contribution in [2.75, 3.05) is 13.7 Å². The number of benzene rings is 1. The van der Waals surface area contributed by atoms with Gasteiger partial charge in [0.25, 0.3) is 0 Å². The summed E-state index contributed by atoms with van der Waals surface area (Å²) in [7, 11) is 2.00. The second-order valence-electron chi connectivity index (χ2n) is 4.64. The highest BCUT2D eigenvalue weighted by molar-refractivity contribution is 9.10. The Labute approximate surface area is 140 Å². The van der Waals surface area contributed by atoms with Crippen LogP contribution >= 0.6 is 38.6 Å². The van der Waals surface area contributed by atoms with Gasteiger partial charge in [-0.05, 0) is 49.2 Å². The molecule has 0 aliphatic heterocycles. The molecule has 0 amide bonds. The number of ether oxygens (including phenoxy) is 1. The van der Waals surface area contributed by atoms with Gasteiger partial charge in [0.2, 0.25) is 0 Å². The standard InChI is InChI=1S/C16H16BrNOS2/c1-3-19-10-4-5-11(12(17)8-10)16(18-2)15-9-14-13(21-15)6-7-20-14/h4-9,16,18H,3H2,1-2H3. The van der Waals surface area contributed by atoms with E-state index in [9.17, 15) is 0 Å². The minimum absolute atomic E-state index is 0.194. The van der Waals surface area contributed by atoms with Crippen LogP contribution in [0.25, 0.3) is 9.40 Å². The van der Waals surface area contributed by atoms with Gasteiger partial charge in [0, 0.05) is 18.7 Å². The topological polar surface area (TPSA) is 21.3 Å². The number of hydrogen-bond acceptors (Lipinski definition) is 4. The highest BCUT2D eigenvalue weighted by atomic mass is 79.9. The van der Waals surface area contributed by atoms with Crippen LogP contribution in [0, 0.1) is 0 Å². The van der Waals surface area contributed by atoms with E-state index in [-0.39, 0.29) is 6.04 Å². The Morgan fingerprint density at radius 2 is 2.10 bits per heavy atom. The molecule has 0 aliphatic carbocycles. The van der Waals surface area contributed by atoms with Gasteiger partial charge in [-0.2, -0.15) is 0 Å². The number of rotatable bonds is 5. The molecule has 0 bridgehead atoms. The fourth-order valence-electron chi connectivity index (χ4n) is 2.38. The number of thiophene rings is 2. The molecule has 1 atom stereocenters. The Morgan fingerprint density at radius 1 is 1.24 bits per heavy atom. The molecular weight excluding hydrogens is 366 g/mol. The van der Waals surface area contributed by atoms with Gasteiger partial charge in [-0.3, -0.25) is 0 Å². The Kier molecular flexibility index (Phi) is 4.64. The van der Waals surface area contributed by atoms with E-state index >= 15 is 0 Å². The maximum atomic E-state index is 5.55. The monoisotopic (exact) mass is 381 g/mol. The molecule has 110 valence electrons. The van der Waals surface area contributed by atoms with E-state index in [1.807, 2.05) is 37.4 Å². The molecular formula is C16H16BrNOS2. The quantitative estimate of drug-likeness (QED) is 0.635. The first-order valence-electron chi connectivity index (χ1n) is 6.79. The Balaban J connectivity index is 1.97. The van der Waals surface area contributed by atoms with E-state index in [0.717, 1.165) is 10.2 Å². The van der Waals surface area contributed by atoms with Crippen molar-refractivity contribution in [1.29, 1.82) is 0 Å². The Bertz CT molecular complexity index is 721. The normalized spacial score (nSPS) is 12.7. The van der Waals surface area contributed by atoms with E-state index in [1.54, 1.807) is 11.3 Å². The molecule has 21 heavy (non-hydrogen) atoms. The molecule has 1 N–H and O–H groups in total. The first-order chi connectivity index (χ1) is 10.2. The molecule has 2 aromatic heterocycles. The predicted molar refractivity (Wildman–Crippen MR) is 95.9 cm³/mol. The zero-order chi connectivity index (χ0) is 14.8. The second kappa shape index (κ2) is 6.48. The summed E-state index contributed by atoms with van der Waals surface area (Å²) in [6.45, 7) is 2.68. The van der Waals surface area contributed by atoms with Crippen molar-refractivity contribution in [3.63, 3.8) is 0 Å². The third kappa shape index (κ3) is 3.01. The average molecular weight is 382 g/mol. The van der Waals surface area contributed by atoms with Crippen molar-refractivity contribution in [3.05, 3.63) is 50.6 Å². The lowest BCUT2D eigenvalue weighted by Gasteiger charge is -2.17. The fourth-order valence-corrected chi connectivity index (χ4v) is 5.21. The van der Waals surface area contributed by atoms with Crippen LogP contribution in [0.1, 0.15) is 23.4 Å². The van der Waals surface area contributed by atoms with Crippen molar-refractivity contribution < 1.29 is 4.74 Å². The molecule has 5 heteroatoms. The fraction of sp³-hybridized carbons (Fsp3) is 0.250. The summed E-state index contributed by atoms with van der Waals surface area (Å²) in [4.78, 5) is 1.34. The van der Waals surface area contributed by atoms with Gasteiger partial charge in [0.15, 0.2) is 0 Å². The molecule has 1 aromatic carbocycles. The van der Waals surface area contributed by atoms with Crippen LogP contribution in [0.5, 0.6) is 5.75 Å². The van der Waals surface area contributed by atoms with E-state index in [4.69, 9.17) is 4.74 Å². The molecule has 0 aliphatic rings. The summed E-state index contributed by atoms with van der Waals surface area (Å²) in [5.74, 6) is 0.898. The zero-order valence-corrected chi connectivity index (χ0v) is 15.1. The molecule has 0 saturated carbocycles. The number of nitrogens with one attached hydrogen (secondary N) is 1. The van der Waals surface area contributed by atoms with Crippen LogP contribution in [0.15, 0.2) is 40.2 Å². The van der Waals surface area contributed by atoms with Crippen LogP contribution in [-0.4, -0.2) is 13.7 Å². The predicted octanol–water partition coefficient (Wildman–Crippen LogP) is 5.43. The minimum atomic E-state index is 0.194. The molecule has 0 spiro atoms. The summed E-state index contributed by atoms with van der Waals surface area (Å²) in [6, 6.07) is 10.9. The van der Waals surface area contributed by atoms with E-state index < -0.39 is 0 Å². The van der Waals surface area contributed by atoms with E-state index in [2.05, 4.69) is 44.8 Å². The zero-order valence-electron chi connectivity index (χ0n) is 11.9. The number of fused-ring (bicyclic) bond motifs is 1. The van der Waals surface area contributed by atoms with Crippen LogP contribution in [0.4, 0.5) is 0 Å². The van der Waals surface area contributed by atoms with Crippen molar-refractivity contribution in [3.8, 4) is 5.75 Å². The Hall–Kier alpha value is -0.880. The smallest absolute Gasteiger partial charge is 0.120 e. The van der Waals surface area contributed by atoms with Crippen molar-refractivity contribution in [1.82, 2.24) is 5.32 Å². The summed E-state index contributed by atoms with van der Waals surface area (Å²) < 4.78 is 9.34. The molecule has 0 fully saturated rings. The van der Waals surface area contributed by atoms with Crippen molar-refractivity contribution >= 4 is 48.0 Å². The van der Waals surface area contributed by atoms with Gasteiger partial charge in [-0.15, -0.1) is 22.7 Å². The molecule has 3 rings (SSSR count). The van der Waals surface area contributed by atoms with Crippen LogP contribution in [0.3, 0.4) is 0 Å². The highest BCUT2D eigenvalue weighted by Crippen LogP contribution is 2.38. The van der Waals surface area contributed by atoms with Crippen molar-refractivity contribution in [2.24, 2.45) is 0 Å². The largest absolute Gasteiger partial charge is 0.494 e. The lowest BCUT2D eigenvalue weighted by atomic mass is 10.1. The summed E-state index contributed by atoms with van der Waals surface area (Å²) >= 11 is 7.32. The summed E-state index contributed by atoms with van der Waals surface area (Å²) in [5.41, 5.74) is 1.23. The maximum absolute atomic E-state index is 5.55. The molecule has 0 saturated heterocycles. The van der Waals surface area contributed by atoms with Gasteiger partial charge < -0.3 is 10.1 Å². The molecule has 1 unspecified atom stereocenters. The highest BCUT2D eigenvalue weighted by Gasteiger charge is 2.18. The Morgan fingerprint density at radius 3 is 2.76 bits per heavy atom. The van der Waals surface area contributed by atoms with Crippen LogP contribution in [-0.2, 0) is 0 Å². The summed E-state index contributed by atoms with van der Waals surface area (Å²) in [5, 5.41) is 5.57. The first-order valence-corrected chi connectivity index (χ1v) is 9.28. The minimum Gasteiger partial charge on any atom is -0.494 e. The van der Waals surface area contributed by atoms with E-state index in [0.29, 0.717) is 6.61 Å². The van der Waals surface area contributed by atoms with Crippen molar-refractivity contribution in [2.45, 2.75) is 13.0 Å². The third-order valence-electron chi connectivity index (χ3n) is 3.33. The van der Waals surface area contributed by atoms with Gasteiger partial charge in [0.05, 0.1) is 12.6 Å². The lowest BCUT2D eigenvalue weighted by Crippen LogP contribution is -2.17. The average Bonchev–Trinajstić information content (AvgIpc) is 3.03.